The highest BCUT2D eigenvalue weighted by molar-refractivity contribution is 6.07. The molecule has 10 heteroatoms. The zero-order chi connectivity index (χ0) is 29.7. The van der Waals surface area contributed by atoms with Crippen LogP contribution < -0.4 is 20.7 Å². The maximum absolute atomic E-state index is 13.7. The van der Waals surface area contributed by atoms with E-state index in [1.54, 1.807) is 42.0 Å². The highest BCUT2D eigenvalue weighted by atomic mass is 16.5. The number of carbonyl (C=O) groups is 3. The summed E-state index contributed by atoms with van der Waals surface area (Å²) in [6.07, 6.45) is -0.424. The van der Waals surface area contributed by atoms with Gasteiger partial charge in [0.25, 0.3) is 5.91 Å². The van der Waals surface area contributed by atoms with Gasteiger partial charge >= 0.3 is 12.1 Å². The average molecular weight is 562 g/mol. The molecule has 0 aliphatic carbocycles. The maximum Gasteiger partial charge on any atom is 0.323 e. The van der Waals surface area contributed by atoms with Crippen LogP contribution in [0.15, 0.2) is 60.7 Å². The molecule has 0 radical (unpaired) electrons. The van der Waals surface area contributed by atoms with Crippen LogP contribution in [0.5, 0.6) is 5.75 Å². The Morgan fingerprint density at radius 1 is 1.07 bits per heavy atom. The van der Waals surface area contributed by atoms with Crippen molar-refractivity contribution < 1.29 is 24.2 Å². The van der Waals surface area contributed by atoms with Crippen LogP contribution in [0, 0.1) is 5.92 Å². The van der Waals surface area contributed by atoms with E-state index in [9.17, 15) is 19.5 Å². The van der Waals surface area contributed by atoms with Gasteiger partial charge in [-0.05, 0) is 50.4 Å². The maximum atomic E-state index is 13.7. The summed E-state index contributed by atoms with van der Waals surface area (Å²) in [5.74, 6) is -0.102. The molecule has 41 heavy (non-hydrogen) atoms. The number of urea groups is 2. The predicted octanol–water partition coefficient (Wildman–Crippen LogP) is 4.75. The first-order valence-electron chi connectivity index (χ1n) is 13.9. The van der Waals surface area contributed by atoms with Crippen LogP contribution in [0.1, 0.15) is 38.1 Å². The summed E-state index contributed by atoms with van der Waals surface area (Å²) < 4.78 is 6.35. The third-order valence-corrected chi connectivity index (χ3v) is 7.17. The summed E-state index contributed by atoms with van der Waals surface area (Å²) in [5, 5.41) is 20.4. The number of fused-ring (bicyclic) bond motifs is 2. The number of rotatable bonds is 7. The second-order valence-corrected chi connectivity index (χ2v) is 10.9. The molecule has 3 aromatic rings. The van der Waals surface area contributed by atoms with Gasteiger partial charge in [-0.25, -0.2) is 9.59 Å². The van der Waals surface area contributed by atoms with Crippen LogP contribution in [0.4, 0.5) is 21.0 Å². The number of carbonyl (C=O) groups excluding carboxylic acids is 3. The van der Waals surface area contributed by atoms with Crippen LogP contribution in [0.2, 0.25) is 0 Å². The van der Waals surface area contributed by atoms with Crippen molar-refractivity contribution in [2.75, 3.05) is 37.4 Å². The fraction of sp³-hybridized carbons (Fsp3) is 0.387. The molecule has 0 spiro atoms. The zero-order valence-corrected chi connectivity index (χ0v) is 24.2. The van der Waals surface area contributed by atoms with Crippen molar-refractivity contribution >= 4 is 40.1 Å². The SMILES string of the molecule is CC(C)NC(=O)N(C)C[C@H]1Oc2ccc(NC(=O)Nc3cccc4ccccc34)cc2C(=O)N([C@H](C)CO)C[C@@H]1C. The summed E-state index contributed by atoms with van der Waals surface area (Å²) in [6, 6.07) is 17.2. The molecule has 218 valence electrons. The van der Waals surface area contributed by atoms with E-state index in [1.807, 2.05) is 63.2 Å². The normalized spacial score (nSPS) is 17.6. The van der Waals surface area contributed by atoms with E-state index in [1.165, 1.54) is 0 Å². The number of hydrogen-bond acceptors (Lipinski definition) is 5. The second-order valence-electron chi connectivity index (χ2n) is 10.9. The minimum absolute atomic E-state index is 0.0106. The summed E-state index contributed by atoms with van der Waals surface area (Å²) in [7, 11) is 1.70. The molecule has 4 rings (SSSR count). The molecule has 10 nitrogen and oxygen atoms in total. The van der Waals surface area contributed by atoms with Crippen LogP contribution in [0.3, 0.4) is 0 Å². The summed E-state index contributed by atoms with van der Waals surface area (Å²) in [5.41, 5.74) is 1.34. The molecule has 0 unspecified atom stereocenters. The Morgan fingerprint density at radius 2 is 1.80 bits per heavy atom. The van der Waals surface area contributed by atoms with Gasteiger partial charge in [0.15, 0.2) is 0 Å². The summed E-state index contributed by atoms with van der Waals surface area (Å²) in [6.45, 7) is 7.94. The van der Waals surface area contributed by atoms with Crippen molar-refractivity contribution in [1.29, 1.82) is 0 Å². The Labute approximate surface area is 240 Å². The number of benzene rings is 3. The number of aliphatic hydroxyl groups is 1. The quantitative estimate of drug-likeness (QED) is 0.331. The Morgan fingerprint density at radius 3 is 2.54 bits per heavy atom. The lowest BCUT2D eigenvalue weighted by Gasteiger charge is -2.38. The van der Waals surface area contributed by atoms with Crippen molar-refractivity contribution in [3.63, 3.8) is 0 Å². The van der Waals surface area contributed by atoms with E-state index in [0.29, 0.717) is 30.2 Å². The first-order chi connectivity index (χ1) is 19.6. The van der Waals surface area contributed by atoms with Gasteiger partial charge in [0.2, 0.25) is 0 Å². The van der Waals surface area contributed by atoms with Gasteiger partial charge in [-0.3, -0.25) is 4.79 Å². The van der Waals surface area contributed by atoms with Crippen molar-refractivity contribution in [2.45, 2.75) is 45.9 Å². The van der Waals surface area contributed by atoms with Gasteiger partial charge in [-0.1, -0.05) is 43.3 Å². The number of nitrogens with one attached hydrogen (secondary N) is 3. The van der Waals surface area contributed by atoms with Gasteiger partial charge in [0.1, 0.15) is 11.9 Å². The van der Waals surface area contributed by atoms with E-state index in [2.05, 4.69) is 16.0 Å². The number of nitrogens with zero attached hydrogens (tertiary/aromatic N) is 2. The van der Waals surface area contributed by atoms with Gasteiger partial charge in [0.05, 0.1) is 30.4 Å². The first-order valence-corrected chi connectivity index (χ1v) is 13.9. The number of likely N-dealkylation sites (N-methyl/N-ethyl adjacent to an activating group) is 1. The van der Waals surface area contributed by atoms with Gasteiger partial charge < -0.3 is 35.6 Å². The first kappa shape index (κ1) is 29.7. The minimum Gasteiger partial charge on any atom is -0.487 e. The van der Waals surface area contributed by atoms with Crippen LogP contribution >= 0.6 is 0 Å². The van der Waals surface area contributed by atoms with E-state index < -0.39 is 18.2 Å². The van der Waals surface area contributed by atoms with E-state index >= 15 is 0 Å². The number of hydrogen-bond donors (Lipinski definition) is 4. The Balaban J connectivity index is 1.59. The molecule has 1 heterocycles. The zero-order valence-electron chi connectivity index (χ0n) is 24.2. The van der Waals surface area contributed by atoms with Crippen molar-refractivity contribution in [1.82, 2.24) is 15.1 Å². The largest absolute Gasteiger partial charge is 0.487 e. The predicted molar refractivity (Wildman–Crippen MR) is 160 cm³/mol. The number of aliphatic hydroxyl groups excluding tert-OH is 1. The Bertz CT molecular complexity index is 1410. The Hall–Kier alpha value is -4.31. The number of ether oxygens (including phenoxy) is 1. The molecule has 5 amide bonds. The Kier molecular flexibility index (Phi) is 9.34. The number of anilines is 2. The molecule has 1 aliphatic heterocycles. The summed E-state index contributed by atoms with van der Waals surface area (Å²) in [4.78, 5) is 42.4. The van der Waals surface area contributed by atoms with Gasteiger partial charge in [-0.15, -0.1) is 0 Å². The van der Waals surface area contributed by atoms with Crippen molar-refractivity contribution in [3.05, 3.63) is 66.2 Å². The lowest BCUT2D eigenvalue weighted by Crippen LogP contribution is -2.51. The molecular formula is C31H39N5O5. The van der Waals surface area contributed by atoms with E-state index in [0.717, 1.165) is 10.8 Å². The highest BCUT2D eigenvalue weighted by Crippen LogP contribution is 2.31. The highest BCUT2D eigenvalue weighted by Gasteiger charge is 2.34. The number of amides is 5. The molecule has 0 aromatic heterocycles. The lowest BCUT2D eigenvalue weighted by molar-refractivity contribution is 0.0366. The molecular weight excluding hydrogens is 522 g/mol. The average Bonchev–Trinajstić information content (AvgIpc) is 2.94. The minimum atomic E-state index is -0.453. The smallest absolute Gasteiger partial charge is 0.323 e. The van der Waals surface area contributed by atoms with Gasteiger partial charge in [0, 0.05) is 36.6 Å². The van der Waals surface area contributed by atoms with E-state index in [-0.39, 0.29) is 36.1 Å². The third-order valence-electron chi connectivity index (χ3n) is 7.17. The molecule has 4 N–H and O–H groups in total. The standard InChI is InChI=1S/C31H39N5O5/c1-19(2)32-31(40)35(5)17-28-20(3)16-36(21(4)18-37)29(38)25-15-23(13-14-27(25)41-28)33-30(39)34-26-12-8-10-22-9-6-7-11-24(22)26/h6-15,19-21,28,37H,16-18H2,1-5H3,(H,32,40)(H2,33,34,39)/t20-,21+,28+/m0/s1. The van der Waals surface area contributed by atoms with E-state index in [4.69, 9.17) is 4.74 Å². The molecule has 0 bridgehead atoms. The molecule has 3 atom stereocenters. The third kappa shape index (κ3) is 7.07. The topological polar surface area (TPSA) is 123 Å². The van der Waals surface area contributed by atoms with Gasteiger partial charge in [-0.2, -0.15) is 0 Å². The van der Waals surface area contributed by atoms with Crippen LogP contribution in [-0.4, -0.2) is 77.8 Å². The van der Waals surface area contributed by atoms with Crippen LogP contribution in [-0.2, 0) is 0 Å². The lowest BCUT2D eigenvalue weighted by atomic mass is 9.99. The molecule has 0 fully saturated rings. The monoisotopic (exact) mass is 561 g/mol. The second kappa shape index (κ2) is 12.9. The molecule has 1 aliphatic rings. The van der Waals surface area contributed by atoms with Crippen LogP contribution in [0.25, 0.3) is 10.8 Å². The summed E-state index contributed by atoms with van der Waals surface area (Å²) >= 11 is 0. The van der Waals surface area contributed by atoms with Crippen molar-refractivity contribution in [3.8, 4) is 5.75 Å². The van der Waals surface area contributed by atoms with Crippen molar-refractivity contribution in [2.24, 2.45) is 5.92 Å². The fourth-order valence-electron chi connectivity index (χ4n) is 4.85. The fourth-order valence-corrected chi connectivity index (χ4v) is 4.85. The molecule has 3 aromatic carbocycles. The molecule has 0 saturated heterocycles. The molecule has 0 saturated carbocycles.